The Morgan fingerprint density at radius 2 is 1.49 bits per heavy atom. The highest BCUT2D eigenvalue weighted by Crippen LogP contribution is 2.38. The number of carbonyl (C=O) groups is 2. The number of nitrogens with zero attached hydrogens (tertiary/aromatic N) is 1. The van der Waals surface area contributed by atoms with Gasteiger partial charge in [0.15, 0.2) is 0 Å². The van der Waals surface area contributed by atoms with Crippen LogP contribution < -0.4 is 10.9 Å². The van der Waals surface area contributed by atoms with Crippen molar-refractivity contribution in [2.24, 2.45) is 5.41 Å². The lowest BCUT2D eigenvalue weighted by atomic mass is 9.76. The van der Waals surface area contributed by atoms with Crippen LogP contribution >= 0.6 is 31.9 Å². The van der Waals surface area contributed by atoms with Gasteiger partial charge in [-0.15, -0.1) is 0 Å². The maximum absolute atomic E-state index is 13.5. The maximum atomic E-state index is 13.5. The Balaban J connectivity index is 1.91. The van der Waals surface area contributed by atoms with Crippen molar-refractivity contribution in [3.05, 3.63) is 64.2 Å². The van der Waals surface area contributed by atoms with Crippen LogP contribution in [0.15, 0.2) is 36.4 Å². The lowest BCUT2D eigenvalue weighted by molar-refractivity contribution is 0.00578. The van der Waals surface area contributed by atoms with Gasteiger partial charge in [-0.1, -0.05) is 75.9 Å². The number of rotatable bonds is 5. The first-order valence-corrected chi connectivity index (χ1v) is 14.2. The number of hydrogen-bond donors (Lipinski definition) is 1. The molecule has 1 heterocycles. The largest absolute Gasteiger partial charge is 0.495 e. The minimum atomic E-state index is -0.571. The monoisotopic (exact) mass is 634 g/mol. The van der Waals surface area contributed by atoms with Crippen molar-refractivity contribution in [1.82, 2.24) is 10.4 Å². The molecule has 1 N–H and O–H groups in total. The molecule has 1 saturated heterocycles. The van der Waals surface area contributed by atoms with Gasteiger partial charge in [0.05, 0.1) is 14.9 Å². The van der Waals surface area contributed by atoms with Crippen molar-refractivity contribution in [3.8, 4) is 0 Å². The number of aryl methyl sites for hydroxylation is 2. The predicted octanol–water partition coefficient (Wildman–Crippen LogP) is 6.22. The van der Waals surface area contributed by atoms with E-state index in [0.717, 1.165) is 22.2 Å². The van der Waals surface area contributed by atoms with E-state index in [2.05, 4.69) is 37.3 Å². The van der Waals surface area contributed by atoms with Crippen molar-refractivity contribution in [2.75, 3.05) is 6.54 Å². The van der Waals surface area contributed by atoms with E-state index >= 15 is 0 Å². The van der Waals surface area contributed by atoms with Gasteiger partial charge in [0.1, 0.15) is 0 Å². The summed E-state index contributed by atoms with van der Waals surface area (Å²) in [4.78, 5) is 26.9. The second-order valence-corrected chi connectivity index (χ2v) is 15.1. The van der Waals surface area contributed by atoms with Gasteiger partial charge < -0.3 is 9.31 Å². The number of alkyl halides is 2. The minimum Gasteiger partial charge on any atom is -0.399 e. The Labute approximate surface area is 238 Å². The molecule has 37 heavy (non-hydrogen) atoms. The van der Waals surface area contributed by atoms with Crippen LogP contribution in [0.3, 0.4) is 0 Å². The summed E-state index contributed by atoms with van der Waals surface area (Å²) < 4.78 is 12.3. The predicted molar refractivity (Wildman–Crippen MR) is 157 cm³/mol. The summed E-state index contributed by atoms with van der Waals surface area (Å²) >= 11 is 7.18. The molecule has 1 aliphatic heterocycles. The lowest BCUT2D eigenvalue weighted by Gasteiger charge is -2.32. The fourth-order valence-electron chi connectivity index (χ4n) is 4.17. The van der Waals surface area contributed by atoms with Gasteiger partial charge >= 0.3 is 7.12 Å². The molecular formula is C28H37BBr2N2O4. The number of hydrogen-bond acceptors (Lipinski definition) is 4. The molecule has 0 radical (unpaired) electrons. The lowest BCUT2D eigenvalue weighted by Crippen LogP contribution is -2.49. The van der Waals surface area contributed by atoms with E-state index < -0.39 is 18.3 Å². The molecular weight excluding hydrogens is 599 g/mol. The van der Waals surface area contributed by atoms with Crippen LogP contribution in [-0.4, -0.2) is 41.7 Å². The number of halogens is 2. The summed E-state index contributed by atoms with van der Waals surface area (Å²) in [6, 6.07) is 11.1. The second-order valence-electron chi connectivity index (χ2n) is 12.0. The molecule has 200 valence electrons. The number of amides is 2. The van der Waals surface area contributed by atoms with E-state index in [1.165, 1.54) is 5.01 Å². The first-order valence-electron chi connectivity index (χ1n) is 12.4. The second kappa shape index (κ2) is 10.8. The SMILES string of the molecule is Cc1cc(C)cc(C(=O)N(CC(C)(C)C)NC(=O)c2ccc(B3OC(C)(C)C(C)(C)O3)c(C(Br)Br)c2)c1. The fraction of sp³-hybridized carbons (Fsp3) is 0.500. The average molecular weight is 636 g/mol. The Morgan fingerprint density at radius 1 is 0.946 bits per heavy atom. The molecule has 3 rings (SSSR count). The van der Waals surface area contributed by atoms with Crippen LogP contribution in [0, 0.1) is 19.3 Å². The van der Waals surface area contributed by atoms with E-state index in [1.807, 2.05) is 86.6 Å². The third-order valence-corrected chi connectivity index (χ3v) is 7.66. The van der Waals surface area contributed by atoms with Crippen LogP contribution in [0.25, 0.3) is 0 Å². The summed E-state index contributed by atoms with van der Waals surface area (Å²) in [5.41, 5.74) is 6.25. The molecule has 2 aromatic rings. The number of hydrazine groups is 1. The highest BCUT2D eigenvalue weighted by molar-refractivity contribution is 9.24. The fourth-order valence-corrected chi connectivity index (χ4v) is 4.96. The molecule has 0 aliphatic carbocycles. The van der Waals surface area contributed by atoms with Crippen molar-refractivity contribution >= 4 is 56.3 Å². The van der Waals surface area contributed by atoms with Crippen molar-refractivity contribution in [1.29, 1.82) is 0 Å². The summed E-state index contributed by atoms with van der Waals surface area (Å²) in [6.07, 6.45) is 0. The molecule has 6 nitrogen and oxygen atoms in total. The molecule has 2 amide bonds. The first kappa shape index (κ1) is 29.9. The third kappa shape index (κ3) is 7.05. The molecule has 0 bridgehead atoms. The van der Waals surface area contributed by atoms with Crippen molar-refractivity contribution in [2.45, 2.75) is 77.3 Å². The molecule has 0 spiro atoms. The summed E-state index contributed by atoms with van der Waals surface area (Å²) in [7, 11) is -0.571. The van der Waals surface area contributed by atoms with Crippen LogP contribution in [0.4, 0.5) is 0 Å². The molecule has 0 saturated carbocycles. The van der Waals surface area contributed by atoms with Crippen LogP contribution in [0.2, 0.25) is 0 Å². The summed E-state index contributed by atoms with van der Waals surface area (Å²) in [5, 5.41) is 1.41. The summed E-state index contributed by atoms with van der Waals surface area (Å²) in [6.45, 7) is 18.4. The molecule has 1 fully saturated rings. The van der Waals surface area contributed by atoms with Gasteiger partial charge in [0.25, 0.3) is 11.8 Å². The molecule has 2 aromatic carbocycles. The highest BCUT2D eigenvalue weighted by atomic mass is 79.9. The number of benzene rings is 2. The standard InChI is InChI=1S/C28H37BBr2N2O4/c1-17-12-18(2)14-20(13-17)25(35)33(16-26(3,4)5)32-24(34)19-10-11-22(21(15-19)23(30)31)29-36-27(6,7)28(8,9)37-29/h10-15,23H,16H2,1-9H3,(H,32,34). The van der Waals surface area contributed by atoms with Crippen molar-refractivity contribution < 1.29 is 18.9 Å². The molecule has 0 atom stereocenters. The normalized spacial score (nSPS) is 16.7. The minimum absolute atomic E-state index is 0.232. The topological polar surface area (TPSA) is 67.9 Å². The van der Waals surface area contributed by atoms with Gasteiger partial charge in [-0.2, -0.15) is 0 Å². The third-order valence-electron chi connectivity index (χ3n) is 6.67. The van der Waals surface area contributed by atoms with Crippen molar-refractivity contribution in [3.63, 3.8) is 0 Å². The van der Waals surface area contributed by atoms with Gasteiger partial charge in [0.2, 0.25) is 0 Å². The van der Waals surface area contributed by atoms with E-state index in [0.29, 0.717) is 17.7 Å². The Hall–Kier alpha value is -1.68. The van der Waals surface area contributed by atoms with E-state index in [1.54, 1.807) is 12.1 Å². The molecule has 1 aliphatic rings. The Morgan fingerprint density at radius 3 is 1.97 bits per heavy atom. The smallest absolute Gasteiger partial charge is 0.399 e. The molecule has 0 unspecified atom stereocenters. The molecule has 9 heteroatoms. The van der Waals surface area contributed by atoms with Crippen LogP contribution in [0.1, 0.15) is 89.6 Å². The highest BCUT2D eigenvalue weighted by Gasteiger charge is 2.52. The zero-order valence-electron chi connectivity index (χ0n) is 23.2. The van der Waals surface area contributed by atoms with Crippen LogP contribution in [0.5, 0.6) is 0 Å². The van der Waals surface area contributed by atoms with E-state index in [-0.39, 0.29) is 21.0 Å². The maximum Gasteiger partial charge on any atom is 0.495 e. The number of carbonyl (C=O) groups excluding carboxylic acids is 2. The van der Waals surface area contributed by atoms with Crippen LogP contribution in [-0.2, 0) is 9.31 Å². The van der Waals surface area contributed by atoms with Gasteiger partial charge in [-0.25, -0.2) is 5.01 Å². The Bertz CT molecular complexity index is 1150. The van der Waals surface area contributed by atoms with Gasteiger partial charge in [-0.3, -0.25) is 15.0 Å². The van der Waals surface area contributed by atoms with E-state index in [9.17, 15) is 9.59 Å². The first-order chi connectivity index (χ1) is 16.9. The number of nitrogens with one attached hydrogen (secondary N) is 1. The average Bonchev–Trinajstić information content (AvgIpc) is 2.97. The Kier molecular flexibility index (Phi) is 8.75. The quantitative estimate of drug-likeness (QED) is 0.241. The molecule has 0 aromatic heterocycles. The zero-order valence-corrected chi connectivity index (χ0v) is 26.3. The van der Waals surface area contributed by atoms with Gasteiger partial charge in [0, 0.05) is 17.7 Å². The van der Waals surface area contributed by atoms with E-state index in [4.69, 9.17) is 9.31 Å². The van der Waals surface area contributed by atoms with Gasteiger partial charge in [-0.05, 0) is 82.2 Å². The summed E-state index contributed by atoms with van der Waals surface area (Å²) in [5.74, 6) is -0.618. The zero-order chi connectivity index (χ0) is 27.9.